The minimum absolute atomic E-state index is 0.0537. The minimum Gasteiger partial charge on any atom is -0.479 e. The predicted octanol–water partition coefficient (Wildman–Crippen LogP) is 4.76. The molecular weight excluding hydrogens is 624 g/mol. The molecular formula is C37H46N6O6. The van der Waals surface area contributed by atoms with Gasteiger partial charge in [-0.1, -0.05) is 87.5 Å². The Morgan fingerprint density at radius 2 is 1.65 bits per heavy atom. The quantitative estimate of drug-likeness (QED) is 0.261. The van der Waals surface area contributed by atoms with Gasteiger partial charge in [0, 0.05) is 30.9 Å². The Kier molecular flexibility index (Phi) is 9.72. The number of aromatic nitrogens is 3. The van der Waals surface area contributed by atoms with Crippen molar-refractivity contribution >= 4 is 23.9 Å². The second-order valence-electron chi connectivity index (χ2n) is 15.0. The van der Waals surface area contributed by atoms with Gasteiger partial charge in [-0.2, -0.15) is 15.0 Å². The number of carboxylic acids is 1. The van der Waals surface area contributed by atoms with Gasteiger partial charge >= 0.3 is 12.1 Å². The van der Waals surface area contributed by atoms with Gasteiger partial charge in [-0.05, 0) is 38.2 Å². The Morgan fingerprint density at radius 3 is 2.20 bits per heavy atom. The van der Waals surface area contributed by atoms with Gasteiger partial charge in [-0.3, -0.25) is 9.59 Å². The van der Waals surface area contributed by atoms with Gasteiger partial charge in [0.05, 0.1) is 11.7 Å². The SMILES string of the molecule is C=CC1CC1(NC(=O)C1CC(n2nc(Cc3ccccc3)c(-c3ccccc3)n2)CN1C(=O)C(NC(=O)OC(C)(C)C)C(C)(C)C)C(=O)O. The van der Waals surface area contributed by atoms with E-state index in [2.05, 4.69) is 17.2 Å². The number of aliphatic carboxylic acids is 1. The first-order valence-corrected chi connectivity index (χ1v) is 16.6. The van der Waals surface area contributed by atoms with Crippen molar-refractivity contribution in [2.45, 2.75) is 90.1 Å². The lowest BCUT2D eigenvalue weighted by Crippen LogP contribution is -2.59. The molecule has 0 bridgehead atoms. The van der Waals surface area contributed by atoms with Crippen molar-refractivity contribution in [2.75, 3.05) is 6.54 Å². The summed E-state index contributed by atoms with van der Waals surface area (Å²) in [4.78, 5) is 56.6. The molecule has 2 aromatic carbocycles. The second kappa shape index (κ2) is 13.5. The minimum atomic E-state index is -1.49. The lowest BCUT2D eigenvalue weighted by Gasteiger charge is -2.36. The van der Waals surface area contributed by atoms with Gasteiger partial charge in [0.1, 0.15) is 28.9 Å². The van der Waals surface area contributed by atoms with Gasteiger partial charge in [0.15, 0.2) is 0 Å². The molecule has 0 spiro atoms. The van der Waals surface area contributed by atoms with Gasteiger partial charge < -0.3 is 25.4 Å². The molecule has 2 aliphatic rings. The number of hydrogen-bond acceptors (Lipinski definition) is 7. The zero-order valence-corrected chi connectivity index (χ0v) is 29.0. The van der Waals surface area contributed by atoms with Crippen LogP contribution in [0.25, 0.3) is 11.3 Å². The summed E-state index contributed by atoms with van der Waals surface area (Å²) in [6.45, 7) is 14.4. The molecule has 1 aromatic heterocycles. The zero-order chi connectivity index (χ0) is 35.7. The summed E-state index contributed by atoms with van der Waals surface area (Å²) in [5.74, 6) is -2.70. The van der Waals surface area contributed by atoms with Crippen LogP contribution in [0.3, 0.4) is 0 Å². The van der Waals surface area contributed by atoms with E-state index in [1.54, 1.807) is 25.6 Å². The lowest BCUT2D eigenvalue weighted by atomic mass is 9.85. The van der Waals surface area contributed by atoms with Crippen LogP contribution >= 0.6 is 0 Å². The van der Waals surface area contributed by atoms with Crippen molar-refractivity contribution in [3.63, 3.8) is 0 Å². The number of carbonyl (C=O) groups is 4. The molecule has 3 aromatic rings. The number of hydrogen-bond donors (Lipinski definition) is 3. The van der Waals surface area contributed by atoms with Crippen LogP contribution in [0, 0.1) is 11.3 Å². The van der Waals surface area contributed by atoms with Crippen LogP contribution in [0.4, 0.5) is 4.79 Å². The standard InChI is InChI=1S/C37H46N6O6/c1-8-25-21-37(25,33(46)47)39-31(44)28-20-26(22-42(28)32(45)30(35(2,3)4)38-34(48)49-36(5,6)7)43-40-27(19-23-15-11-9-12-16-23)29(41-43)24-17-13-10-14-18-24/h8-18,25-26,28,30H,1,19-22H2,2-7H3,(H,38,48)(H,39,44)(H,46,47). The highest BCUT2D eigenvalue weighted by Gasteiger charge is 2.61. The maximum Gasteiger partial charge on any atom is 0.408 e. The molecule has 1 saturated carbocycles. The van der Waals surface area contributed by atoms with Crippen molar-refractivity contribution in [1.29, 1.82) is 0 Å². The lowest BCUT2D eigenvalue weighted by molar-refractivity contribution is -0.146. The largest absolute Gasteiger partial charge is 0.479 e. The number of amides is 3. The number of carbonyl (C=O) groups excluding carboxylic acids is 3. The average Bonchev–Trinajstić information content (AvgIpc) is 3.34. The number of nitrogens with one attached hydrogen (secondary N) is 2. The summed E-state index contributed by atoms with van der Waals surface area (Å²) in [6, 6.07) is 16.9. The first-order chi connectivity index (χ1) is 23.0. The Balaban J connectivity index is 1.51. The Hall–Kier alpha value is -5.00. The number of benzene rings is 2. The number of alkyl carbamates (subject to hydrolysis) is 1. The monoisotopic (exact) mass is 670 g/mol. The summed E-state index contributed by atoms with van der Waals surface area (Å²) >= 11 is 0. The highest BCUT2D eigenvalue weighted by Crippen LogP contribution is 2.45. The van der Waals surface area contributed by atoms with E-state index < -0.39 is 64.5 Å². The van der Waals surface area contributed by atoms with Crippen molar-refractivity contribution in [2.24, 2.45) is 11.3 Å². The van der Waals surface area contributed by atoms with E-state index in [4.69, 9.17) is 14.9 Å². The van der Waals surface area contributed by atoms with E-state index in [0.717, 1.165) is 16.8 Å². The van der Waals surface area contributed by atoms with Crippen LogP contribution in [0.2, 0.25) is 0 Å². The Bertz CT molecular complexity index is 1710. The van der Waals surface area contributed by atoms with Crippen LogP contribution in [-0.2, 0) is 25.5 Å². The molecule has 5 atom stereocenters. The third-order valence-corrected chi connectivity index (χ3v) is 8.95. The van der Waals surface area contributed by atoms with E-state index in [1.807, 2.05) is 81.4 Å². The summed E-state index contributed by atoms with van der Waals surface area (Å²) in [6.07, 6.45) is 1.60. The third-order valence-electron chi connectivity index (χ3n) is 8.95. The molecule has 12 heteroatoms. The fourth-order valence-electron chi connectivity index (χ4n) is 6.28. The van der Waals surface area contributed by atoms with Gasteiger partial charge in [-0.15, -0.1) is 6.58 Å². The summed E-state index contributed by atoms with van der Waals surface area (Å²) in [7, 11) is 0. The van der Waals surface area contributed by atoms with Gasteiger partial charge in [0.2, 0.25) is 11.8 Å². The van der Waals surface area contributed by atoms with E-state index in [1.165, 1.54) is 11.0 Å². The van der Waals surface area contributed by atoms with E-state index >= 15 is 0 Å². The predicted molar refractivity (Wildman–Crippen MR) is 183 cm³/mol. The Morgan fingerprint density at radius 1 is 1.02 bits per heavy atom. The van der Waals surface area contributed by atoms with Crippen molar-refractivity contribution in [3.05, 3.63) is 84.6 Å². The van der Waals surface area contributed by atoms with Crippen LogP contribution in [-0.4, -0.2) is 78.6 Å². The molecule has 260 valence electrons. The second-order valence-corrected chi connectivity index (χ2v) is 15.0. The molecule has 1 aliphatic heterocycles. The molecule has 3 N–H and O–H groups in total. The number of ether oxygens (including phenoxy) is 1. The van der Waals surface area contributed by atoms with Crippen molar-refractivity contribution in [1.82, 2.24) is 30.5 Å². The number of nitrogens with zero attached hydrogens (tertiary/aromatic N) is 4. The fourth-order valence-corrected chi connectivity index (χ4v) is 6.28. The summed E-state index contributed by atoms with van der Waals surface area (Å²) in [5, 5.41) is 25.3. The molecule has 2 fully saturated rings. The molecule has 1 saturated heterocycles. The number of likely N-dealkylation sites (tertiary alicyclic amines) is 1. The molecule has 5 rings (SSSR count). The maximum atomic E-state index is 14.4. The normalized spacial score (nSPS) is 22.6. The average molecular weight is 671 g/mol. The van der Waals surface area contributed by atoms with Gasteiger partial charge in [0.25, 0.3) is 0 Å². The molecule has 12 nitrogen and oxygen atoms in total. The molecule has 49 heavy (non-hydrogen) atoms. The van der Waals surface area contributed by atoms with E-state index in [0.29, 0.717) is 12.1 Å². The number of carboxylic acid groups (broad SMARTS) is 1. The van der Waals surface area contributed by atoms with Crippen molar-refractivity contribution < 1.29 is 29.0 Å². The zero-order valence-electron chi connectivity index (χ0n) is 29.0. The first kappa shape index (κ1) is 35.3. The molecule has 0 radical (unpaired) electrons. The Labute approximate surface area is 286 Å². The summed E-state index contributed by atoms with van der Waals surface area (Å²) < 4.78 is 5.47. The molecule has 2 heterocycles. The topological polar surface area (TPSA) is 156 Å². The highest BCUT2D eigenvalue weighted by molar-refractivity contribution is 5.96. The fraction of sp³-hybridized carbons (Fsp3) is 0.459. The first-order valence-electron chi connectivity index (χ1n) is 16.6. The van der Waals surface area contributed by atoms with Crippen LogP contribution in [0.5, 0.6) is 0 Å². The van der Waals surface area contributed by atoms with E-state index in [9.17, 15) is 24.3 Å². The summed E-state index contributed by atoms with van der Waals surface area (Å²) in [5.41, 5.74) is 0.290. The molecule has 5 unspecified atom stereocenters. The maximum absolute atomic E-state index is 14.4. The van der Waals surface area contributed by atoms with Gasteiger partial charge in [-0.25, -0.2) is 9.59 Å². The number of rotatable bonds is 10. The third kappa shape index (κ3) is 7.84. The molecule has 3 amide bonds. The highest BCUT2D eigenvalue weighted by atomic mass is 16.6. The van der Waals surface area contributed by atoms with Crippen LogP contribution in [0.1, 0.15) is 71.7 Å². The molecule has 1 aliphatic carbocycles. The van der Waals surface area contributed by atoms with E-state index in [-0.39, 0.29) is 19.4 Å². The van der Waals surface area contributed by atoms with Crippen LogP contribution < -0.4 is 10.6 Å². The van der Waals surface area contributed by atoms with Crippen LogP contribution in [0.15, 0.2) is 73.3 Å². The smallest absolute Gasteiger partial charge is 0.408 e. The van der Waals surface area contributed by atoms with Crippen molar-refractivity contribution in [3.8, 4) is 11.3 Å².